The minimum Gasteiger partial charge on any atom is -0.402 e. The molecule has 2 aromatic carbocycles. The molecule has 3 rings (SSSR count). The molecule has 0 saturated carbocycles. The zero-order valence-electron chi connectivity index (χ0n) is 19.6. The van der Waals surface area contributed by atoms with Crippen LogP contribution in [0.5, 0.6) is 0 Å². The Hall–Kier alpha value is -2.24. The summed E-state index contributed by atoms with van der Waals surface area (Å²) in [5.74, 6) is -0.430. The van der Waals surface area contributed by atoms with Gasteiger partial charge < -0.3 is 9.74 Å². The SMILES string of the molecule is CC[C@@H](O[Si](c1ccccc1)(c1ccccc1)C(C)(C)C)[C@@]1(C)NC(=O)C[C@@H]1C(C)=O. The summed E-state index contributed by atoms with van der Waals surface area (Å²) in [4.78, 5) is 24.9. The van der Waals surface area contributed by atoms with E-state index < -0.39 is 13.9 Å². The topological polar surface area (TPSA) is 55.4 Å². The van der Waals surface area contributed by atoms with Crippen LogP contribution in [0.1, 0.15) is 54.4 Å². The van der Waals surface area contributed by atoms with E-state index in [1.54, 1.807) is 6.92 Å². The first-order chi connectivity index (χ1) is 14.6. The van der Waals surface area contributed by atoms with E-state index in [1.165, 1.54) is 10.4 Å². The van der Waals surface area contributed by atoms with Crippen LogP contribution in [0.15, 0.2) is 60.7 Å². The number of hydrogen-bond donors (Lipinski definition) is 1. The molecule has 1 N–H and O–H groups in total. The zero-order chi connectivity index (χ0) is 22.9. The maximum Gasteiger partial charge on any atom is 0.261 e. The van der Waals surface area contributed by atoms with Crippen molar-refractivity contribution in [1.29, 1.82) is 0 Å². The second-order valence-electron chi connectivity index (χ2n) is 9.88. The molecule has 5 heteroatoms. The summed E-state index contributed by atoms with van der Waals surface area (Å²) in [6.07, 6.45) is 0.636. The van der Waals surface area contributed by atoms with E-state index in [0.717, 1.165) is 0 Å². The first-order valence-electron chi connectivity index (χ1n) is 11.2. The summed E-state index contributed by atoms with van der Waals surface area (Å²) >= 11 is 0. The van der Waals surface area contributed by atoms with Crippen LogP contribution in [0.25, 0.3) is 0 Å². The Morgan fingerprint density at radius 2 is 1.58 bits per heavy atom. The molecule has 2 aromatic rings. The smallest absolute Gasteiger partial charge is 0.261 e. The number of benzene rings is 2. The Morgan fingerprint density at radius 3 is 1.97 bits per heavy atom. The van der Waals surface area contributed by atoms with E-state index in [4.69, 9.17) is 4.43 Å². The third kappa shape index (κ3) is 4.13. The predicted octanol–water partition coefficient (Wildman–Crippen LogP) is 3.83. The number of carbonyl (C=O) groups excluding carboxylic acids is 2. The van der Waals surface area contributed by atoms with Crippen molar-refractivity contribution >= 4 is 30.4 Å². The quantitative estimate of drug-likeness (QED) is 0.670. The van der Waals surface area contributed by atoms with Crippen LogP contribution in [-0.2, 0) is 14.0 Å². The molecule has 1 saturated heterocycles. The molecule has 1 aliphatic heterocycles. The van der Waals surface area contributed by atoms with Crippen molar-refractivity contribution in [3.05, 3.63) is 60.7 Å². The van der Waals surface area contributed by atoms with E-state index in [2.05, 4.69) is 81.5 Å². The lowest BCUT2D eigenvalue weighted by Crippen LogP contribution is -2.70. The van der Waals surface area contributed by atoms with Crippen LogP contribution in [-0.4, -0.2) is 31.7 Å². The van der Waals surface area contributed by atoms with Crippen LogP contribution in [0.4, 0.5) is 0 Å². The van der Waals surface area contributed by atoms with Crippen LogP contribution < -0.4 is 15.7 Å². The number of ketones is 1. The average molecular weight is 438 g/mol. The Labute approximate surface area is 187 Å². The summed E-state index contributed by atoms with van der Waals surface area (Å²) in [7, 11) is -2.80. The summed E-state index contributed by atoms with van der Waals surface area (Å²) < 4.78 is 7.31. The van der Waals surface area contributed by atoms with Gasteiger partial charge in [0.15, 0.2) is 0 Å². The highest BCUT2D eigenvalue weighted by Crippen LogP contribution is 2.42. The van der Waals surface area contributed by atoms with E-state index in [0.29, 0.717) is 6.42 Å². The normalized spacial score (nSPS) is 22.8. The molecule has 0 aromatic heterocycles. The molecule has 0 aliphatic carbocycles. The van der Waals surface area contributed by atoms with Crippen LogP contribution >= 0.6 is 0 Å². The second-order valence-corrected chi connectivity index (χ2v) is 14.1. The molecule has 1 aliphatic rings. The molecule has 3 atom stereocenters. The van der Waals surface area contributed by atoms with E-state index in [1.807, 2.05) is 19.1 Å². The fourth-order valence-electron chi connectivity index (χ4n) is 5.24. The van der Waals surface area contributed by atoms with Gasteiger partial charge in [-0.05, 0) is 35.7 Å². The Bertz CT molecular complexity index is 883. The zero-order valence-corrected chi connectivity index (χ0v) is 20.6. The van der Waals surface area contributed by atoms with Crippen molar-refractivity contribution in [2.45, 2.75) is 71.1 Å². The van der Waals surface area contributed by atoms with Gasteiger partial charge in [-0.25, -0.2) is 0 Å². The highest BCUT2D eigenvalue weighted by Gasteiger charge is 2.57. The predicted molar refractivity (Wildman–Crippen MR) is 128 cm³/mol. The van der Waals surface area contributed by atoms with Crippen molar-refractivity contribution in [2.75, 3.05) is 0 Å². The van der Waals surface area contributed by atoms with Crippen molar-refractivity contribution in [1.82, 2.24) is 5.32 Å². The molecule has 0 unspecified atom stereocenters. The molecule has 1 heterocycles. The summed E-state index contributed by atoms with van der Waals surface area (Å²) in [6.45, 7) is 12.4. The maximum absolute atomic E-state index is 12.5. The van der Waals surface area contributed by atoms with Gasteiger partial charge in [0.2, 0.25) is 5.91 Å². The van der Waals surface area contributed by atoms with Crippen molar-refractivity contribution in [3.8, 4) is 0 Å². The largest absolute Gasteiger partial charge is 0.402 e. The summed E-state index contributed by atoms with van der Waals surface area (Å²) in [6, 6.07) is 21.0. The molecular weight excluding hydrogens is 402 g/mol. The number of rotatable bonds is 7. The fourth-order valence-corrected chi connectivity index (χ4v) is 10.1. The van der Waals surface area contributed by atoms with Gasteiger partial charge in [0.1, 0.15) is 5.78 Å². The monoisotopic (exact) mass is 437 g/mol. The molecule has 0 radical (unpaired) electrons. The van der Waals surface area contributed by atoms with Gasteiger partial charge in [-0.15, -0.1) is 0 Å². The van der Waals surface area contributed by atoms with E-state index in [9.17, 15) is 9.59 Å². The lowest BCUT2D eigenvalue weighted by Gasteiger charge is -2.49. The number of Topliss-reactive ketones (excluding diaryl/α,β-unsaturated/α-hetero) is 1. The van der Waals surface area contributed by atoms with Gasteiger partial charge in [-0.2, -0.15) is 0 Å². The van der Waals surface area contributed by atoms with Gasteiger partial charge in [0, 0.05) is 6.42 Å². The number of hydrogen-bond acceptors (Lipinski definition) is 3. The first kappa shape index (κ1) is 23.4. The lowest BCUT2D eigenvalue weighted by molar-refractivity contribution is -0.124. The van der Waals surface area contributed by atoms with Crippen molar-refractivity contribution < 1.29 is 14.0 Å². The van der Waals surface area contributed by atoms with Crippen molar-refractivity contribution in [2.24, 2.45) is 5.92 Å². The van der Waals surface area contributed by atoms with Gasteiger partial charge in [0.05, 0.1) is 17.6 Å². The Kier molecular flexibility index (Phi) is 6.58. The lowest BCUT2D eigenvalue weighted by atomic mass is 9.79. The maximum atomic E-state index is 12.5. The molecule has 0 spiro atoms. The fraction of sp³-hybridized carbons (Fsp3) is 0.462. The minimum absolute atomic E-state index is 0.0327. The third-order valence-electron chi connectivity index (χ3n) is 6.79. The summed E-state index contributed by atoms with van der Waals surface area (Å²) in [5.41, 5.74) is -0.731. The first-order valence-corrected chi connectivity index (χ1v) is 13.1. The highest BCUT2D eigenvalue weighted by molar-refractivity contribution is 6.99. The molecule has 166 valence electrons. The van der Waals surface area contributed by atoms with Gasteiger partial charge in [-0.1, -0.05) is 88.4 Å². The van der Waals surface area contributed by atoms with Gasteiger partial charge >= 0.3 is 0 Å². The molecule has 31 heavy (non-hydrogen) atoms. The van der Waals surface area contributed by atoms with E-state index >= 15 is 0 Å². The number of nitrogens with one attached hydrogen (secondary N) is 1. The van der Waals surface area contributed by atoms with E-state index in [-0.39, 0.29) is 35.2 Å². The molecule has 0 bridgehead atoms. The second kappa shape index (κ2) is 8.71. The number of amides is 1. The molecule has 1 amide bonds. The minimum atomic E-state index is -2.80. The number of carbonyl (C=O) groups is 2. The Balaban J connectivity index is 2.21. The third-order valence-corrected chi connectivity index (χ3v) is 11.8. The molecular formula is C26H35NO3Si. The average Bonchev–Trinajstić information content (AvgIpc) is 3.04. The molecule has 4 nitrogen and oxygen atoms in total. The van der Waals surface area contributed by atoms with Crippen LogP contribution in [0, 0.1) is 5.92 Å². The summed E-state index contributed by atoms with van der Waals surface area (Å²) in [5, 5.41) is 5.34. The highest BCUT2D eigenvalue weighted by atomic mass is 28.4. The van der Waals surface area contributed by atoms with Gasteiger partial charge in [0.25, 0.3) is 8.32 Å². The van der Waals surface area contributed by atoms with Gasteiger partial charge in [-0.3, -0.25) is 9.59 Å². The Morgan fingerprint density at radius 1 is 1.10 bits per heavy atom. The van der Waals surface area contributed by atoms with Crippen LogP contribution in [0.3, 0.4) is 0 Å². The van der Waals surface area contributed by atoms with Crippen molar-refractivity contribution in [3.63, 3.8) is 0 Å². The standard InChI is InChI=1S/C26H35NO3Si/c1-7-23(26(6)22(19(2)28)18-24(29)27-26)30-31(25(3,4)5,20-14-10-8-11-15-20)21-16-12-9-13-17-21/h8-17,22-23H,7,18H2,1-6H3,(H,27,29)/t22-,23-,26+/m1/s1. The molecule has 1 fully saturated rings. The van der Waals surface area contributed by atoms with Crippen LogP contribution in [0.2, 0.25) is 5.04 Å².